The van der Waals surface area contributed by atoms with Gasteiger partial charge in [0.2, 0.25) is 0 Å². The van der Waals surface area contributed by atoms with E-state index in [1.165, 1.54) is 31.5 Å². The summed E-state index contributed by atoms with van der Waals surface area (Å²) in [6, 6.07) is 10.6. The molecule has 2 aromatic carbocycles. The maximum absolute atomic E-state index is 12.1. The zero-order valence-corrected chi connectivity index (χ0v) is 14.1. The Bertz CT molecular complexity index is 1050. The minimum atomic E-state index is -0.573. The molecule has 0 aliphatic carbocycles. The van der Waals surface area contributed by atoms with Crippen molar-refractivity contribution in [1.82, 2.24) is 10.4 Å². The summed E-state index contributed by atoms with van der Waals surface area (Å²) in [5.74, 6) is -0.142. The third kappa shape index (κ3) is 3.66. The van der Waals surface area contributed by atoms with Crippen molar-refractivity contribution < 1.29 is 19.6 Å². The number of methoxy groups -OCH3 is 1. The van der Waals surface area contributed by atoms with Crippen LogP contribution in [0.5, 0.6) is 11.5 Å². The molecule has 0 saturated heterocycles. The van der Waals surface area contributed by atoms with Crippen LogP contribution >= 0.6 is 0 Å². The molecule has 3 aromatic rings. The molecule has 0 aliphatic heterocycles. The van der Waals surface area contributed by atoms with Crippen LogP contribution in [0.1, 0.15) is 15.9 Å². The van der Waals surface area contributed by atoms with Gasteiger partial charge in [-0.1, -0.05) is 0 Å². The number of aromatic nitrogens is 1. The fraction of sp³-hybridized carbons (Fsp3) is 0.0556. The first-order valence-electron chi connectivity index (χ1n) is 7.74. The van der Waals surface area contributed by atoms with Crippen LogP contribution in [0.25, 0.3) is 10.9 Å². The molecule has 0 spiro atoms. The predicted octanol–water partition coefficient (Wildman–Crippen LogP) is 2.62. The lowest BCUT2D eigenvalue weighted by Gasteiger charge is -2.05. The highest BCUT2D eigenvalue weighted by atomic mass is 16.6. The topological polar surface area (TPSA) is 127 Å². The Balaban J connectivity index is 1.86. The van der Waals surface area contributed by atoms with E-state index >= 15 is 0 Å². The van der Waals surface area contributed by atoms with Crippen LogP contribution in [0.3, 0.4) is 0 Å². The molecule has 1 amide bonds. The van der Waals surface area contributed by atoms with Crippen molar-refractivity contribution in [3.63, 3.8) is 0 Å². The molecule has 0 aliphatic rings. The van der Waals surface area contributed by atoms with Crippen molar-refractivity contribution in [2.45, 2.75) is 0 Å². The standard InChI is InChI=1S/C18H14N4O5/c1-27-13-6-4-11(5-7-13)18(24)21-20-10-12-9-15(22(25)26)14-3-2-8-19-16(14)17(12)23/h2-10,23H,1H3,(H,21,24)/b20-10-. The Labute approximate surface area is 153 Å². The van der Waals surface area contributed by atoms with Gasteiger partial charge in [-0.15, -0.1) is 0 Å². The van der Waals surface area contributed by atoms with E-state index in [0.717, 1.165) is 6.21 Å². The van der Waals surface area contributed by atoms with E-state index < -0.39 is 10.8 Å². The number of nitrogens with zero attached hydrogens (tertiary/aromatic N) is 3. The number of nitrogens with one attached hydrogen (secondary N) is 1. The number of fused-ring (bicyclic) bond motifs is 1. The smallest absolute Gasteiger partial charge is 0.279 e. The number of carbonyl (C=O) groups is 1. The van der Waals surface area contributed by atoms with E-state index in [2.05, 4.69) is 15.5 Å². The van der Waals surface area contributed by atoms with Crippen molar-refractivity contribution in [2.24, 2.45) is 5.10 Å². The molecule has 0 unspecified atom stereocenters. The second-order valence-corrected chi connectivity index (χ2v) is 5.42. The van der Waals surface area contributed by atoms with E-state index in [1.54, 1.807) is 24.3 Å². The van der Waals surface area contributed by atoms with Gasteiger partial charge in [-0.25, -0.2) is 5.43 Å². The second-order valence-electron chi connectivity index (χ2n) is 5.42. The SMILES string of the molecule is COc1ccc(C(=O)N/N=C\c2cc([N+](=O)[O-])c3cccnc3c2O)cc1. The Morgan fingerprint density at radius 2 is 2.07 bits per heavy atom. The van der Waals surface area contributed by atoms with Crippen LogP contribution in [-0.2, 0) is 0 Å². The van der Waals surface area contributed by atoms with Crippen LogP contribution in [0.15, 0.2) is 53.8 Å². The van der Waals surface area contributed by atoms with Gasteiger partial charge < -0.3 is 9.84 Å². The van der Waals surface area contributed by atoms with Crippen molar-refractivity contribution in [3.05, 3.63) is 69.9 Å². The van der Waals surface area contributed by atoms with Crippen LogP contribution in [0, 0.1) is 10.1 Å². The van der Waals surface area contributed by atoms with Gasteiger partial charge in [-0.2, -0.15) is 5.10 Å². The van der Waals surface area contributed by atoms with Gasteiger partial charge in [-0.3, -0.25) is 19.9 Å². The number of phenols is 1. The Morgan fingerprint density at radius 1 is 1.33 bits per heavy atom. The van der Waals surface area contributed by atoms with Crippen molar-refractivity contribution in [1.29, 1.82) is 0 Å². The van der Waals surface area contributed by atoms with Crippen LogP contribution in [0.4, 0.5) is 5.69 Å². The molecule has 136 valence electrons. The molecular weight excluding hydrogens is 352 g/mol. The quantitative estimate of drug-likeness (QED) is 0.406. The zero-order valence-electron chi connectivity index (χ0n) is 14.1. The summed E-state index contributed by atoms with van der Waals surface area (Å²) in [6.07, 6.45) is 2.54. The minimum Gasteiger partial charge on any atom is -0.505 e. The number of rotatable bonds is 5. The number of non-ortho nitro benzene ring substituents is 1. The lowest BCUT2D eigenvalue weighted by molar-refractivity contribution is -0.383. The first-order chi connectivity index (χ1) is 13.0. The molecule has 0 saturated carbocycles. The predicted molar refractivity (Wildman–Crippen MR) is 98.1 cm³/mol. The van der Waals surface area contributed by atoms with E-state index in [9.17, 15) is 20.0 Å². The van der Waals surface area contributed by atoms with Gasteiger partial charge in [0.05, 0.1) is 23.6 Å². The number of hydrazone groups is 1. The highest BCUT2D eigenvalue weighted by molar-refractivity contribution is 6.00. The maximum Gasteiger partial charge on any atom is 0.279 e. The number of ether oxygens (including phenoxy) is 1. The Hall–Kier alpha value is -4.01. The molecule has 1 heterocycles. The number of nitro groups is 1. The summed E-state index contributed by atoms with van der Waals surface area (Å²) in [5.41, 5.74) is 2.56. The summed E-state index contributed by atoms with van der Waals surface area (Å²) in [6.45, 7) is 0. The zero-order chi connectivity index (χ0) is 19.4. The number of benzene rings is 2. The number of hydrogen-bond acceptors (Lipinski definition) is 7. The van der Waals surface area contributed by atoms with Gasteiger partial charge in [0.25, 0.3) is 11.6 Å². The van der Waals surface area contributed by atoms with Crippen LogP contribution in [0.2, 0.25) is 0 Å². The molecule has 0 bridgehead atoms. The number of phenolic OH excluding ortho intramolecular Hbond substituents is 1. The summed E-state index contributed by atoms with van der Waals surface area (Å²) in [5, 5.41) is 25.5. The maximum atomic E-state index is 12.1. The first kappa shape index (κ1) is 17.8. The lowest BCUT2D eigenvalue weighted by Crippen LogP contribution is -2.17. The number of aromatic hydroxyl groups is 1. The molecular formula is C18H14N4O5. The summed E-state index contributed by atoms with van der Waals surface area (Å²) in [4.78, 5) is 26.7. The third-order valence-corrected chi connectivity index (χ3v) is 3.79. The van der Waals surface area contributed by atoms with E-state index in [-0.39, 0.29) is 27.9 Å². The van der Waals surface area contributed by atoms with Gasteiger partial charge >= 0.3 is 0 Å². The first-order valence-corrected chi connectivity index (χ1v) is 7.74. The van der Waals surface area contributed by atoms with E-state index in [0.29, 0.717) is 11.3 Å². The van der Waals surface area contributed by atoms with Gasteiger partial charge in [0.1, 0.15) is 11.3 Å². The number of carbonyl (C=O) groups excluding carboxylic acids is 1. The number of amides is 1. The molecule has 2 N–H and O–H groups in total. The van der Waals surface area contributed by atoms with Gasteiger partial charge in [0.15, 0.2) is 5.75 Å². The normalized spacial score (nSPS) is 10.9. The lowest BCUT2D eigenvalue weighted by atomic mass is 10.1. The summed E-state index contributed by atoms with van der Waals surface area (Å²) in [7, 11) is 1.52. The van der Waals surface area contributed by atoms with Crippen LogP contribution in [-0.4, -0.2) is 34.2 Å². The summed E-state index contributed by atoms with van der Waals surface area (Å²) < 4.78 is 5.02. The second kappa shape index (κ2) is 7.48. The van der Waals surface area contributed by atoms with Crippen LogP contribution < -0.4 is 10.2 Å². The molecule has 0 radical (unpaired) electrons. The highest BCUT2D eigenvalue weighted by Gasteiger charge is 2.18. The minimum absolute atomic E-state index is 0.0583. The van der Waals surface area contributed by atoms with Crippen molar-refractivity contribution in [2.75, 3.05) is 7.11 Å². The third-order valence-electron chi connectivity index (χ3n) is 3.79. The average Bonchev–Trinajstić information content (AvgIpc) is 2.69. The number of hydrogen-bond donors (Lipinski definition) is 2. The fourth-order valence-electron chi connectivity index (χ4n) is 2.45. The largest absolute Gasteiger partial charge is 0.505 e. The average molecular weight is 366 g/mol. The monoisotopic (exact) mass is 366 g/mol. The number of pyridine rings is 1. The highest BCUT2D eigenvalue weighted by Crippen LogP contribution is 2.33. The molecule has 1 aromatic heterocycles. The molecule has 3 rings (SSSR count). The Morgan fingerprint density at radius 3 is 2.74 bits per heavy atom. The molecule has 9 heteroatoms. The van der Waals surface area contributed by atoms with Gasteiger partial charge in [-0.05, 0) is 36.4 Å². The van der Waals surface area contributed by atoms with Gasteiger partial charge in [0, 0.05) is 23.4 Å². The molecule has 0 fully saturated rings. The molecule has 0 atom stereocenters. The van der Waals surface area contributed by atoms with Crippen molar-refractivity contribution >= 4 is 28.7 Å². The Kier molecular flexibility index (Phi) is 4.93. The molecule has 27 heavy (non-hydrogen) atoms. The summed E-state index contributed by atoms with van der Waals surface area (Å²) >= 11 is 0. The van der Waals surface area contributed by atoms with E-state index in [4.69, 9.17) is 4.74 Å². The molecule has 9 nitrogen and oxygen atoms in total. The fourth-order valence-corrected chi connectivity index (χ4v) is 2.45. The number of nitro benzene ring substituents is 1. The van der Waals surface area contributed by atoms with Crippen molar-refractivity contribution in [3.8, 4) is 11.5 Å². The van der Waals surface area contributed by atoms with E-state index in [1.807, 2.05) is 0 Å².